The van der Waals surface area contributed by atoms with Crippen LogP contribution in [0.4, 0.5) is 0 Å². The van der Waals surface area contributed by atoms with Gasteiger partial charge in [0.15, 0.2) is 0 Å². The average Bonchev–Trinajstić information content (AvgIpc) is 3.35. The fourth-order valence-electron chi connectivity index (χ4n) is 2.39. The molecule has 0 aliphatic rings. The molecule has 0 radical (unpaired) electrons. The number of benzene rings is 1. The minimum atomic E-state index is 0.442. The van der Waals surface area contributed by atoms with E-state index in [0.717, 1.165) is 28.5 Å². The Hall–Kier alpha value is -3.13. The van der Waals surface area contributed by atoms with Crippen molar-refractivity contribution in [1.82, 2.24) is 24.7 Å². The molecule has 0 bridgehead atoms. The molecule has 0 spiro atoms. The van der Waals surface area contributed by atoms with Crippen LogP contribution in [0.1, 0.15) is 11.4 Å². The third kappa shape index (κ3) is 4.35. The third-order valence-corrected chi connectivity index (χ3v) is 4.80. The van der Waals surface area contributed by atoms with Gasteiger partial charge in [0, 0.05) is 43.2 Å². The largest absolute Gasteiger partial charge is 0.486 e. The summed E-state index contributed by atoms with van der Waals surface area (Å²) in [6.45, 7) is 0.442. The van der Waals surface area contributed by atoms with Crippen LogP contribution in [-0.2, 0) is 19.4 Å². The van der Waals surface area contributed by atoms with Gasteiger partial charge in [-0.2, -0.15) is 0 Å². The molecule has 0 amide bonds. The lowest BCUT2D eigenvalue weighted by Gasteiger charge is -2.07. The van der Waals surface area contributed by atoms with Gasteiger partial charge in [0.05, 0.1) is 0 Å². The van der Waals surface area contributed by atoms with Crippen LogP contribution in [0.25, 0.3) is 11.5 Å². The van der Waals surface area contributed by atoms with Gasteiger partial charge in [-0.15, -0.1) is 10.2 Å². The van der Waals surface area contributed by atoms with E-state index in [4.69, 9.17) is 9.15 Å². The molecule has 0 saturated heterocycles. The Balaban J connectivity index is 1.31. The maximum atomic E-state index is 5.77. The Morgan fingerprint density at radius 1 is 1.04 bits per heavy atom. The van der Waals surface area contributed by atoms with E-state index in [1.165, 1.54) is 11.8 Å². The van der Waals surface area contributed by atoms with Gasteiger partial charge in [-0.3, -0.25) is 4.98 Å². The van der Waals surface area contributed by atoms with Crippen molar-refractivity contribution < 1.29 is 9.15 Å². The highest BCUT2D eigenvalue weighted by molar-refractivity contribution is 7.98. The number of imidazole rings is 1. The maximum Gasteiger partial charge on any atom is 0.277 e. The zero-order valence-corrected chi connectivity index (χ0v) is 15.5. The number of aromatic nitrogens is 5. The van der Waals surface area contributed by atoms with Crippen molar-refractivity contribution in [2.24, 2.45) is 7.05 Å². The van der Waals surface area contributed by atoms with Crippen LogP contribution < -0.4 is 4.74 Å². The van der Waals surface area contributed by atoms with Gasteiger partial charge in [-0.1, -0.05) is 23.9 Å². The van der Waals surface area contributed by atoms with Crippen LogP contribution in [0.15, 0.2) is 70.8 Å². The molecule has 4 rings (SSSR count). The van der Waals surface area contributed by atoms with E-state index < -0.39 is 0 Å². The number of thioether (sulfide) groups is 1. The van der Waals surface area contributed by atoms with E-state index in [1.807, 2.05) is 54.2 Å². The summed E-state index contributed by atoms with van der Waals surface area (Å²) < 4.78 is 13.4. The highest BCUT2D eigenvalue weighted by Gasteiger charge is 2.09. The highest BCUT2D eigenvalue weighted by atomic mass is 32.2. The Kier molecular flexibility index (Phi) is 5.15. The normalized spacial score (nSPS) is 10.9. The second-order valence-corrected chi connectivity index (χ2v) is 6.71. The third-order valence-electron chi connectivity index (χ3n) is 3.91. The fourth-order valence-corrected chi connectivity index (χ4v) is 3.11. The van der Waals surface area contributed by atoms with Crippen LogP contribution in [0.3, 0.4) is 0 Å². The van der Waals surface area contributed by atoms with E-state index in [2.05, 4.69) is 20.2 Å². The molecule has 0 aliphatic carbocycles. The maximum absolute atomic E-state index is 5.77. The number of rotatable bonds is 7. The smallest absolute Gasteiger partial charge is 0.277 e. The minimum Gasteiger partial charge on any atom is -0.486 e. The molecule has 0 aliphatic heterocycles. The van der Waals surface area contributed by atoms with Crippen molar-refractivity contribution in [3.63, 3.8) is 0 Å². The number of hydrogen-bond acceptors (Lipinski definition) is 7. The molecule has 0 atom stereocenters. The first kappa shape index (κ1) is 17.3. The topological polar surface area (TPSA) is 78.9 Å². The molecule has 8 heteroatoms. The van der Waals surface area contributed by atoms with Crippen LogP contribution >= 0.6 is 11.8 Å². The average molecular weight is 379 g/mol. The lowest BCUT2D eigenvalue weighted by atomic mass is 10.2. The summed E-state index contributed by atoms with van der Waals surface area (Å²) in [6.07, 6.45) is 7.06. The Labute approximate surface area is 160 Å². The summed E-state index contributed by atoms with van der Waals surface area (Å²) in [5.41, 5.74) is 2.01. The molecule has 136 valence electrons. The molecule has 27 heavy (non-hydrogen) atoms. The van der Waals surface area contributed by atoms with Gasteiger partial charge >= 0.3 is 0 Å². The van der Waals surface area contributed by atoms with E-state index in [-0.39, 0.29) is 0 Å². The SMILES string of the molecule is Cn1ccnc1COc1ccc(CSc2nnc(-c3ccncc3)o2)cc1. The fraction of sp³-hybridized carbons (Fsp3) is 0.158. The Morgan fingerprint density at radius 3 is 2.59 bits per heavy atom. The van der Waals surface area contributed by atoms with Gasteiger partial charge in [0.2, 0.25) is 5.89 Å². The van der Waals surface area contributed by atoms with Crippen LogP contribution in [-0.4, -0.2) is 24.7 Å². The summed E-state index contributed by atoms with van der Waals surface area (Å²) in [4.78, 5) is 8.23. The molecular weight excluding hydrogens is 362 g/mol. The van der Waals surface area contributed by atoms with E-state index >= 15 is 0 Å². The highest BCUT2D eigenvalue weighted by Crippen LogP contribution is 2.26. The summed E-state index contributed by atoms with van der Waals surface area (Å²) in [7, 11) is 1.95. The predicted molar refractivity (Wildman–Crippen MR) is 101 cm³/mol. The number of hydrogen-bond donors (Lipinski definition) is 0. The molecule has 7 nitrogen and oxygen atoms in total. The van der Waals surface area contributed by atoms with Crippen molar-refractivity contribution in [3.05, 3.63) is 72.6 Å². The lowest BCUT2D eigenvalue weighted by Crippen LogP contribution is -2.02. The van der Waals surface area contributed by atoms with Crippen molar-refractivity contribution >= 4 is 11.8 Å². The van der Waals surface area contributed by atoms with Crippen LogP contribution in [0.2, 0.25) is 0 Å². The van der Waals surface area contributed by atoms with Gasteiger partial charge in [-0.05, 0) is 29.8 Å². The predicted octanol–water partition coefficient (Wildman–Crippen LogP) is 3.74. The van der Waals surface area contributed by atoms with Gasteiger partial charge in [0.25, 0.3) is 5.22 Å². The molecule has 4 aromatic rings. The first-order chi connectivity index (χ1) is 13.3. The minimum absolute atomic E-state index is 0.442. The monoisotopic (exact) mass is 379 g/mol. The van der Waals surface area contributed by atoms with Gasteiger partial charge in [0.1, 0.15) is 18.2 Å². The Bertz CT molecular complexity index is 998. The summed E-state index contributed by atoms with van der Waals surface area (Å²) >= 11 is 1.50. The van der Waals surface area contributed by atoms with E-state index in [1.54, 1.807) is 18.6 Å². The Morgan fingerprint density at radius 2 is 1.85 bits per heavy atom. The molecule has 3 aromatic heterocycles. The zero-order chi connectivity index (χ0) is 18.5. The van der Waals surface area contributed by atoms with Crippen molar-refractivity contribution in [2.45, 2.75) is 17.6 Å². The van der Waals surface area contributed by atoms with Gasteiger partial charge in [-0.25, -0.2) is 4.98 Å². The molecular formula is C19H17N5O2S. The second-order valence-electron chi connectivity index (χ2n) is 5.78. The quantitative estimate of drug-likeness (QED) is 0.453. The number of ether oxygens (including phenoxy) is 1. The first-order valence-corrected chi connectivity index (χ1v) is 9.31. The molecule has 1 aromatic carbocycles. The number of nitrogens with zero attached hydrogens (tertiary/aromatic N) is 5. The molecule has 0 saturated carbocycles. The number of pyridine rings is 1. The van der Waals surface area contributed by atoms with Gasteiger partial charge < -0.3 is 13.7 Å². The summed E-state index contributed by atoms with van der Waals surface area (Å²) in [5.74, 6) is 2.93. The molecule has 3 heterocycles. The molecule has 0 fully saturated rings. The first-order valence-electron chi connectivity index (χ1n) is 8.32. The molecule has 0 N–H and O–H groups in total. The summed E-state index contributed by atoms with van der Waals surface area (Å²) in [6, 6.07) is 11.6. The van der Waals surface area contributed by atoms with Crippen LogP contribution in [0, 0.1) is 0 Å². The van der Waals surface area contributed by atoms with Crippen LogP contribution in [0.5, 0.6) is 5.75 Å². The van der Waals surface area contributed by atoms with Crippen molar-refractivity contribution in [3.8, 4) is 17.2 Å². The zero-order valence-electron chi connectivity index (χ0n) is 14.6. The van der Waals surface area contributed by atoms with Crippen molar-refractivity contribution in [2.75, 3.05) is 0 Å². The summed E-state index contributed by atoms with van der Waals surface area (Å²) in [5, 5.41) is 8.70. The second kappa shape index (κ2) is 8.05. The van der Waals surface area contributed by atoms with E-state index in [9.17, 15) is 0 Å². The standard InChI is InChI=1S/C19H17N5O2S/c1-24-11-10-21-17(24)12-25-16-4-2-14(3-5-16)13-27-19-23-22-18(26-19)15-6-8-20-9-7-15/h2-11H,12-13H2,1H3. The van der Waals surface area contributed by atoms with E-state index in [0.29, 0.717) is 17.7 Å². The lowest BCUT2D eigenvalue weighted by molar-refractivity contribution is 0.292. The number of aryl methyl sites for hydroxylation is 1. The molecule has 0 unspecified atom stereocenters. The van der Waals surface area contributed by atoms with Crippen molar-refractivity contribution in [1.29, 1.82) is 0 Å².